The van der Waals surface area contributed by atoms with Crippen LogP contribution in [-0.2, 0) is 4.74 Å². The van der Waals surface area contributed by atoms with Crippen molar-refractivity contribution in [3.05, 3.63) is 59.1 Å². The van der Waals surface area contributed by atoms with Gasteiger partial charge in [0.05, 0.1) is 13.2 Å². The highest BCUT2D eigenvalue weighted by Gasteiger charge is 2.27. The van der Waals surface area contributed by atoms with Gasteiger partial charge in [-0.3, -0.25) is 9.59 Å². The number of carbonyl (C=O) groups is 2. The fraction of sp³-hybridized carbons (Fsp3) is 0.211. The topological polar surface area (TPSA) is 84.7 Å². The number of para-hydroxylation sites is 1. The number of fused-ring (bicyclic) bond motifs is 1. The Kier molecular flexibility index (Phi) is 4.79. The van der Waals surface area contributed by atoms with Crippen LogP contribution in [0.25, 0.3) is 11.0 Å². The van der Waals surface area contributed by atoms with Crippen LogP contribution in [0, 0.1) is 0 Å². The number of amides is 2. The summed E-state index contributed by atoms with van der Waals surface area (Å²) in [5, 5.41) is 3.67. The average Bonchev–Trinajstić information content (AvgIpc) is 3.06. The van der Waals surface area contributed by atoms with Crippen LogP contribution in [0.4, 0.5) is 5.69 Å². The van der Waals surface area contributed by atoms with Crippen molar-refractivity contribution in [2.75, 3.05) is 31.6 Å². The third-order valence-electron chi connectivity index (χ3n) is 4.32. The summed E-state index contributed by atoms with van der Waals surface area (Å²) in [5.74, 6) is -0.578. The van der Waals surface area contributed by atoms with Crippen LogP contribution in [0.3, 0.4) is 0 Å². The molecule has 0 unspecified atom stereocenters. The van der Waals surface area contributed by atoms with Gasteiger partial charge in [0.2, 0.25) is 5.76 Å². The first-order valence-corrected chi connectivity index (χ1v) is 8.83. The Morgan fingerprint density at radius 2 is 1.93 bits per heavy atom. The van der Waals surface area contributed by atoms with Crippen LogP contribution in [0.15, 0.2) is 47.0 Å². The first-order valence-electron chi connectivity index (χ1n) is 8.45. The van der Waals surface area contributed by atoms with Crippen molar-refractivity contribution in [2.45, 2.75) is 0 Å². The zero-order valence-corrected chi connectivity index (χ0v) is 15.0. The molecule has 0 saturated carbocycles. The Bertz CT molecular complexity index is 1010. The van der Waals surface area contributed by atoms with Gasteiger partial charge in [-0.25, -0.2) is 4.98 Å². The van der Waals surface area contributed by atoms with Crippen LogP contribution in [0.2, 0.25) is 5.15 Å². The highest BCUT2D eigenvalue weighted by atomic mass is 35.5. The normalized spacial score (nSPS) is 14.3. The maximum atomic E-state index is 13.0. The van der Waals surface area contributed by atoms with Crippen molar-refractivity contribution in [1.29, 1.82) is 0 Å². The number of anilines is 1. The van der Waals surface area contributed by atoms with E-state index in [1.807, 2.05) is 12.1 Å². The summed E-state index contributed by atoms with van der Waals surface area (Å²) >= 11 is 5.87. The van der Waals surface area contributed by atoms with Crippen LogP contribution < -0.4 is 5.32 Å². The van der Waals surface area contributed by atoms with Gasteiger partial charge in [-0.05, 0) is 24.3 Å². The number of ether oxygens (including phenoxy) is 1. The van der Waals surface area contributed by atoms with Gasteiger partial charge in [0.25, 0.3) is 11.8 Å². The Hall–Kier alpha value is -2.90. The number of furan rings is 1. The number of rotatable bonds is 3. The second kappa shape index (κ2) is 7.38. The Labute approximate surface area is 159 Å². The molecule has 2 aromatic heterocycles. The zero-order chi connectivity index (χ0) is 18.8. The second-order valence-corrected chi connectivity index (χ2v) is 6.42. The summed E-state index contributed by atoms with van der Waals surface area (Å²) in [5.41, 5.74) is 1.21. The molecule has 0 radical (unpaired) electrons. The molecule has 7 nitrogen and oxygen atoms in total. The first kappa shape index (κ1) is 17.5. The Morgan fingerprint density at radius 3 is 2.70 bits per heavy atom. The molecule has 8 heteroatoms. The molecule has 2 amide bonds. The molecule has 1 aliphatic heterocycles. The highest BCUT2D eigenvalue weighted by Crippen LogP contribution is 2.32. The molecule has 4 rings (SSSR count). The third kappa shape index (κ3) is 3.51. The van der Waals surface area contributed by atoms with Gasteiger partial charge in [-0.1, -0.05) is 23.7 Å². The number of hydrogen-bond acceptors (Lipinski definition) is 5. The van der Waals surface area contributed by atoms with Crippen molar-refractivity contribution in [3.8, 4) is 0 Å². The van der Waals surface area contributed by atoms with Crippen LogP contribution in [-0.4, -0.2) is 48.0 Å². The minimum atomic E-state index is -0.401. The minimum absolute atomic E-state index is 0.103. The standard InChI is InChI=1S/C19H16ClN3O4/c20-15-11-12(5-6-21-15)18(24)22-16-13-3-1-2-4-14(13)27-17(16)19(25)23-7-9-26-10-8-23/h1-6,11H,7-10H2,(H,22,24). The maximum Gasteiger partial charge on any atom is 0.291 e. The van der Waals surface area contributed by atoms with Gasteiger partial charge in [-0.2, -0.15) is 0 Å². The molecule has 1 saturated heterocycles. The lowest BCUT2D eigenvalue weighted by molar-refractivity contribution is 0.0285. The number of halogens is 1. The summed E-state index contributed by atoms with van der Waals surface area (Å²) in [6, 6.07) is 10.2. The lowest BCUT2D eigenvalue weighted by atomic mass is 10.2. The molecule has 138 valence electrons. The maximum absolute atomic E-state index is 13.0. The minimum Gasteiger partial charge on any atom is -0.449 e. The van der Waals surface area contributed by atoms with Gasteiger partial charge in [0, 0.05) is 30.2 Å². The van der Waals surface area contributed by atoms with Crippen LogP contribution in [0.1, 0.15) is 20.9 Å². The number of morpholine rings is 1. The Morgan fingerprint density at radius 1 is 1.15 bits per heavy atom. The molecule has 0 atom stereocenters. The van der Waals surface area contributed by atoms with Crippen molar-refractivity contribution >= 4 is 40.1 Å². The predicted octanol–water partition coefficient (Wildman–Crippen LogP) is 3.21. The van der Waals surface area contributed by atoms with E-state index in [9.17, 15) is 9.59 Å². The molecular formula is C19H16ClN3O4. The van der Waals surface area contributed by atoms with Gasteiger partial charge < -0.3 is 19.4 Å². The van der Waals surface area contributed by atoms with Crippen molar-refractivity contribution < 1.29 is 18.7 Å². The molecule has 0 bridgehead atoms. The molecule has 1 aliphatic rings. The summed E-state index contributed by atoms with van der Waals surface area (Å²) in [7, 11) is 0. The fourth-order valence-electron chi connectivity index (χ4n) is 2.96. The average molecular weight is 386 g/mol. The number of pyridine rings is 1. The van der Waals surface area contributed by atoms with E-state index in [1.165, 1.54) is 12.3 Å². The lowest BCUT2D eigenvalue weighted by Crippen LogP contribution is -2.40. The highest BCUT2D eigenvalue weighted by molar-refractivity contribution is 6.29. The van der Waals surface area contributed by atoms with Crippen molar-refractivity contribution in [3.63, 3.8) is 0 Å². The van der Waals surface area contributed by atoms with E-state index in [-0.39, 0.29) is 16.8 Å². The van der Waals surface area contributed by atoms with Crippen molar-refractivity contribution in [2.24, 2.45) is 0 Å². The largest absolute Gasteiger partial charge is 0.449 e. The molecule has 3 aromatic rings. The number of aromatic nitrogens is 1. The van der Waals surface area contributed by atoms with Crippen LogP contribution >= 0.6 is 11.6 Å². The van der Waals surface area contributed by atoms with Gasteiger partial charge in [-0.15, -0.1) is 0 Å². The van der Waals surface area contributed by atoms with E-state index in [2.05, 4.69) is 10.3 Å². The van der Waals surface area contributed by atoms with E-state index in [0.29, 0.717) is 48.5 Å². The molecule has 1 fully saturated rings. The van der Waals surface area contributed by atoms with E-state index in [1.54, 1.807) is 23.1 Å². The zero-order valence-electron chi connectivity index (χ0n) is 14.3. The summed E-state index contributed by atoms with van der Waals surface area (Å²) < 4.78 is 11.1. The first-order chi connectivity index (χ1) is 13.1. The molecular weight excluding hydrogens is 370 g/mol. The smallest absolute Gasteiger partial charge is 0.291 e. The third-order valence-corrected chi connectivity index (χ3v) is 4.52. The molecule has 1 aromatic carbocycles. The SMILES string of the molecule is O=C(Nc1c(C(=O)N2CCOCC2)oc2ccccc12)c1ccnc(Cl)c1. The van der Waals surface area contributed by atoms with E-state index in [0.717, 1.165) is 0 Å². The quantitative estimate of drug-likeness (QED) is 0.700. The molecule has 3 heterocycles. The summed E-state index contributed by atoms with van der Waals surface area (Å²) in [6.07, 6.45) is 1.45. The number of nitrogens with zero attached hydrogens (tertiary/aromatic N) is 2. The summed E-state index contributed by atoms with van der Waals surface area (Å²) in [4.78, 5) is 31.2. The van der Waals surface area contributed by atoms with E-state index < -0.39 is 5.91 Å². The molecule has 0 aliphatic carbocycles. The number of carbonyl (C=O) groups excluding carboxylic acids is 2. The molecule has 0 spiro atoms. The number of benzene rings is 1. The number of nitrogens with one attached hydrogen (secondary N) is 1. The fourth-order valence-corrected chi connectivity index (χ4v) is 3.13. The monoisotopic (exact) mass is 385 g/mol. The number of hydrogen-bond donors (Lipinski definition) is 1. The summed E-state index contributed by atoms with van der Waals surface area (Å²) in [6.45, 7) is 1.90. The van der Waals surface area contributed by atoms with Crippen LogP contribution in [0.5, 0.6) is 0 Å². The Balaban J connectivity index is 1.72. The molecule has 27 heavy (non-hydrogen) atoms. The van der Waals surface area contributed by atoms with Gasteiger partial charge in [0.15, 0.2) is 0 Å². The predicted molar refractivity (Wildman–Crippen MR) is 100 cm³/mol. The lowest BCUT2D eigenvalue weighted by Gasteiger charge is -2.26. The van der Waals surface area contributed by atoms with E-state index >= 15 is 0 Å². The van der Waals surface area contributed by atoms with Gasteiger partial charge in [0.1, 0.15) is 16.4 Å². The van der Waals surface area contributed by atoms with Crippen molar-refractivity contribution in [1.82, 2.24) is 9.88 Å². The second-order valence-electron chi connectivity index (χ2n) is 6.03. The van der Waals surface area contributed by atoms with E-state index in [4.69, 9.17) is 20.8 Å². The van der Waals surface area contributed by atoms with Gasteiger partial charge >= 0.3 is 0 Å². The molecule has 1 N–H and O–H groups in total.